The fourth-order valence-electron chi connectivity index (χ4n) is 4.93. The number of aliphatic hydroxyl groups excluding tert-OH is 1. The highest BCUT2D eigenvalue weighted by molar-refractivity contribution is 6.46. The molecule has 3 aromatic rings. The first-order chi connectivity index (χ1) is 17.9. The zero-order chi connectivity index (χ0) is 26.1. The van der Waals surface area contributed by atoms with Crippen molar-refractivity contribution in [2.24, 2.45) is 0 Å². The Hall–Kier alpha value is -4.33. The van der Waals surface area contributed by atoms with Crippen LogP contribution in [-0.2, 0) is 22.6 Å². The Balaban J connectivity index is 1.64. The average molecular weight is 501 g/mol. The smallest absolute Gasteiger partial charge is 0.295 e. The number of nitrogens with zero attached hydrogens (tertiary/aromatic N) is 2. The Morgan fingerprint density at radius 1 is 1.16 bits per heavy atom. The van der Waals surface area contributed by atoms with Gasteiger partial charge in [-0.2, -0.15) is 0 Å². The van der Waals surface area contributed by atoms with E-state index >= 15 is 0 Å². The summed E-state index contributed by atoms with van der Waals surface area (Å²) in [5, 5.41) is 11.5. The molecule has 1 amide bonds. The molecule has 2 atom stereocenters. The van der Waals surface area contributed by atoms with Crippen molar-refractivity contribution in [3.63, 3.8) is 0 Å². The lowest BCUT2D eigenvalue weighted by atomic mass is 9.94. The SMILES string of the molecule is CCOc1ccc(C2C(=C(O)c3ccc4c(c3)CC(C)O4)C(=O)C(=O)N2Cc2cccnc2)cc1OC. The third-order valence-electron chi connectivity index (χ3n) is 6.59. The standard InChI is InChI=1S/C29H28N2O6/c1-4-36-23-10-7-19(14-24(23)35-3)26-25(27(32)20-8-9-22-21(13-20)12-17(2)37-22)28(33)29(34)31(26)16-18-6-5-11-30-15-18/h5-11,13-15,17,26,32H,4,12,16H2,1-3H3. The van der Waals surface area contributed by atoms with Crippen LogP contribution in [0.3, 0.4) is 0 Å². The van der Waals surface area contributed by atoms with Crippen molar-refractivity contribution in [3.8, 4) is 17.2 Å². The molecule has 0 radical (unpaired) electrons. The number of hydrogen-bond donors (Lipinski definition) is 1. The zero-order valence-electron chi connectivity index (χ0n) is 20.9. The third kappa shape index (κ3) is 4.50. The first-order valence-electron chi connectivity index (χ1n) is 12.2. The summed E-state index contributed by atoms with van der Waals surface area (Å²) >= 11 is 0. The molecule has 2 aliphatic rings. The van der Waals surface area contributed by atoms with E-state index in [-0.39, 0.29) is 24.0 Å². The summed E-state index contributed by atoms with van der Waals surface area (Å²) < 4.78 is 17.0. The number of carbonyl (C=O) groups excluding carboxylic acids is 2. The van der Waals surface area contributed by atoms with Crippen LogP contribution >= 0.6 is 0 Å². The van der Waals surface area contributed by atoms with Gasteiger partial charge in [-0.05, 0) is 66.9 Å². The molecular formula is C29H28N2O6. The Labute approximate surface area is 215 Å². The van der Waals surface area contributed by atoms with Crippen LogP contribution in [0, 0.1) is 0 Å². The molecule has 2 aliphatic heterocycles. The van der Waals surface area contributed by atoms with Gasteiger partial charge in [-0.1, -0.05) is 12.1 Å². The number of ketones is 1. The number of likely N-dealkylation sites (tertiary alicyclic amines) is 1. The molecule has 1 fully saturated rings. The number of benzene rings is 2. The molecule has 0 aliphatic carbocycles. The van der Waals surface area contributed by atoms with Gasteiger partial charge in [0.05, 0.1) is 25.3 Å². The minimum atomic E-state index is -0.840. The van der Waals surface area contributed by atoms with Gasteiger partial charge < -0.3 is 24.2 Å². The Bertz CT molecular complexity index is 1380. The second-order valence-electron chi connectivity index (χ2n) is 9.09. The Morgan fingerprint density at radius 3 is 2.73 bits per heavy atom. The monoisotopic (exact) mass is 500 g/mol. The summed E-state index contributed by atoms with van der Waals surface area (Å²) in [7, 11) is 1.53. The molecule has 0 saturated carbocycles. The molecule has 1 saturated heterocycles. The van der Waals surface area contributed by atoms with Crippen LogP contribution in [0.5, 0.6) is 17.2 Å². The number of fused-ring (bicyclic) bond motifs is 1. The van der Waals surface area contributed by atoms with E-state index in [9.17, 15) is 14.7 Å². The van der Waals surface area contributed by atoms with E-state index < -0.39 is 17.7 Å². The van der Waals surface area contributed by atoms with Crippen LogP contribution in [-0.4, -0.2) is 46.5 Å². The molecule has 190 valence electrons. The van der Waals surface area contributed by atoms with E-state index in [4.69, 9.17) is 14.2 Å². The van der Waals surface area contributed by atoms with Crippen LogP contribution in [0.2, 0.25) is 0 Å². The van der Waals surface area contributed by atoms with E-state index in [0.717, 1.165) is 16.9 Å². The molecule has 37 heavy (non-hydrogen) atoms. The van der Waals surface area contributed by atoms with Gasteiger partial charge in [0, 0.05) is 30.9 Å². The fraction of sp³-hybridized carbons (Fsp3) is 0.276. The first-order valence-corrected chi connectivity index (χ1v) is 12.2. The van der Waals surface area contributed by atoms with Gasteiger partial charge >= 0.3 is 0 Å². The molecule has 2 unspecified atom stereocenters. The van der Waals surface area contributed by atoms with E-state index in [1.54, 1.807) is 48.8 Å². The maximum atomic E-state index is 13.4. The Morgan fingerprint density at radius 2 is 2.00 bits per heavy atom. The van der Waals surface area contributed by atoms with E-state index in [1.807, 2.05) is 26.0 Å². The summed E-state index contributed by atoms with van der Waals surface area (Å²) in [6.07, 6.45) is 4.03. The number of ether oxygens (including phenoxy) is 3. The lowest BCUT2D eigenvalue weighted by Crippen LogP contribution is -2.29. The Kier molecular flexibility index (Phi) is 6.56. The quantitative estimate of drug-likeness (QED) is 0.291. The maximum absolute atomic E-state index is 13.4. The van der Waals surface area contributed by atoms with Crippen LogP contribution in [0.25, 0.3) is 5.76 Å². The second kappa shape index (κ2) is 9.97. The lowest BCUT2D eigenvalue weighted by Gasteiger charge is -2.26. The van der Waals surface area contributed by atoms with Crippen LogP contribution < -0.4 is 14.2 Å². The molecule has 5 rings (SSSR count). The van der Waals surface area contributed by atoms with Crippen LogP contribution in [0.15, 0.2) is 66.5 Å². The van der Waals surface area contributed by atoms with Crippen molar-refractivity contribution in [2.75, 3.05) is 13.7 Å². The molecule has 0 bridgehead atoms. The van der Waals surface area contributed by atoms with Crippen molar-refractivity contribution in [2.45, 2.75) is 39.0 Å². The predicted molar refractivity (Wildman–Crippen MR) is 136 cm³/mol. The van der Waals surface area contributed by atoms with Crippen LogP contribution in [0.1, 0.15) is 42.1 Å². The predicted octanol–water partition coefficient (Wildman–Crippen LogP) is 4.43. The van der Waals surface area contributed by atoms with E-state index in [0.29, 0.717) is 35.7 Å². The molecule has 8 nitrogen and oxygen atoms in total. The minimum absolute atomic E-state index is 0.0204. The van der Waals surface area contributed by atoms with Crippen molar-refractivity contribution in [1.82, 2.24) is 9.88 Å². The van der Waals surface area contributed by atoms with E-state index in [2.05, 4.69) is 4.98 Å². The molecule has 0 spiro atoms. The maximum Gasteiger partial charge on any atom is 0.295 e. The molecule has 1 aromatic heterocycles. The molecule has 2 aromatic carbocycles. The third-order valence-corrected chi connectivity index (χ3v) is 6.59. The highest BCUT2D eigenvalue weighted by Gasteiger charge is 2.46. The number of aromatic nitrogens is 1. The van der Waals surface area contributed by atoms with Crippen molar-refractivity contribution >= 4 is 17.4 Å². The number of carbonyl (C=O) groups is 2. The summed E-state index contributed by atoms with van der Waals surface area (Å²) in [6, 6.07) is 13.3. The molecule has 1 N–H and O–H groups in total. The highest BCUT2D eigenvalue weighted by atomic mass is 16.5. The highest BCUT2D eigenvalue weighted by Crippen LogP contribution is 2.43. The zero-order valence-corrected chi connectivity index (χ0v) is 20.9. The number of pyridine rings is 1. The summed E-state index contributed by atoms with van der Waals surface area (Å²) in [5.41, 5.74) is 2.80. The summed E-state index contributed by atoms with van der Waals surface area (Å²) in [6.45, 7) is 4.45. The van der Waals surface area contributed by atoms with Gasteiger partial charge in [0.1, 0.15) is 17.6 Å². The van der Waals surface area contributed by atoms with Crippen molar-refractivity contribution in [1.29, 1.82) is 0 Å². The van der Waals surface area contributed by atoms with E-state index in [1.165, 1.54) is 12.0 Å². The largest absolute Gasteiger partial charge is 0.507 e. The molecular weight excluding hydrogens is 472 g/mol. The van der Waals surface area contributed by atoms with Gasteiger partial charge in [0.2, 0.25) is 0 Å². The summed E-state index contributed by atoms with van der Waals surface area (Å²) in [4.78, 5) is 32.3. The summed E-state index contributed by atoms with van der Waals surface area (Å²) in [5.74, 6) is 0.104. The number of methoxy groups -OCH3 is 1. The number of Topliss-reactive ketones (excluding diaryl/α,β-unsaturated/α-hetero) is 1. The number of rotatable bonds is 7. The first kappa shape index (κ1) is 24.4. The molecule has 8 heteroatoms. The second-order valence-corrected chi connectivity index (χ2v) is 9.09. The minimum Gasteiger partial charge on any atom is -0.507 e. The van der Waals surface area contributed by atoms with Crippen molar-refractivity contribution in [3.05, 3.63) is 88.8 Å². The lowest BCUT2D eigenvalue weighted by molar-refractivity contribution is -0.140. The number of aliphatic hydroxyl groups is 1. The van der Waals surface area contributed by atoms with Crippen LogP contribution in [0.4, 0.5) is 0 Å². The van der Waals surface area contributed by atoms with Gasteiger partial charge in [0.15, 0.2) is 11.5 Å². The number of amides is 1. The van der Waals surface area contributed by atoms with Gasteiger partial charge in [0.25, 0.3) is 11.7 Å². The van der Waals surface area contributed by atoms with Gasteiger partial charge in [-0.25, -0.2) is 0 Å². The van der Waals surface area contributed by atoms with Gasteiger partial charge in [-0.15, -0.1) is 0 Å². The molecule has 3 heterocycles. The van der Waals surface area contributed by atoms with Gasteiger partial charge in [-0.3, -0.25) is 14.6 Å². The fourth-order valence-corrected chi connectivity index (χ4v) is 4.93. The topological polar surface area (TPSA) is 98.2 Å². The number of hydrogen-bond acceptors (Lipinski definition) is 7. The van der Waals surface area contributed by atoms with Crippen molar-refractivity contribution < 1.29 is 28.9 Å². The average Bonchev–Trinajstić information content (AvgIpc) is 3.40. The normalized spacial score (nSPS) is 20.0.